The number of fused-ring (bicyclic) bond motifs is 3. The van der Waals surface area contributed by atoms with Crippen molar-refractivity contribution in [2.45, 2.75) is 0 Å². The Labute approximate surface area is 129 Å². The van der Waals surface area contributed by atoms with Crippen molar-refractivity contribution in [2.75, 3.05) is 5.32 Å². The molecule has 0 saturated carbocycles. The van der Waals surface area contributed by atoms with Gasteiger partial charge in [-0.3, -0.25) is 4.79 Å². The molecule has 0 atom stereocenters. The summed E-state index contributed by atoms with van der Waals surface area (Å²) in [4.78, 5) is 15.7. The third-order valence-electron chi connectivity index (χ3n) is 3.46. The molecule has 4 rings (SSSR count). The fourth-order valence-corrected chi connectivity index (χ4v) is 2.34. The van der Waals surface area contributed by atoms with Crippen molar-refractivity contribution in [2.24, 2.45) is 5.73 Å². The van der Waals surface area contributed by atoms with Crippen molar-refractivity contribution in [3.63, 3.8) is 0 Å². The summed E-state index contributed by atoms with van der Waals surface area (Å²) in [6, 6.07) is 14.4. The van der Waals surface area contributed by atoms with Crippen LogP contribution in [-0.4, -0.2) is 30.9 Å². The molecule has 0 saturated heterocycles. The highest BCUT2D eigenvalue weighted by atomic mass is 16.1. The summed E-state index contributed by atoms with van der Waals surface area (Å²) in [6.45, 7) is 0. The van der Waals surface area contributed by atoms with E-state index < -0.39 is 5.91 Å². The van der Waals surface area contributed by atoms with Gasteiger partial charge in [0.1, 0.15) is 0 Å². The smallest absolute Gasteiger partial charge is 0.248 e. The third kappa shape index (κ3) is 2.22. The van der Waals surface area contributed by atoms with E-state index in [0.717, 1.165) is 16.7 Å². The number of nitrogens with one attached hydrogen (secondary N) is 1. The highest BCUT2D eigenvalue weighted by Crippen LogP contribution is 2.22. The molecule has 0 aliphatic heterocycles. The number of aromatic nitrogens is 5. The summed E-state index contributed by atoms with van der Waals surface area (Å²) in [7, 11) is 0. The third-order valence-corrected chi connectivity index (χ3v) is 3.46. The Morgan fingerprint density at radius 2 is 1.87 bits per heavy atom. The van der Waals surface area contributed by atoms with Gasteiger partial charge in [0, 0.05) is 11.3 Å². The zero-order chi connectivity index (χ0) is 15.8. The number of amides is 1. The molecule has 2 aromatic carbocycles. The Kier molecular flexibility index (Phi) is 2.87. The van der Waals surface area contributed by atoms with Gasteiger partial charge in [0.05, 0.1) is 11.0 Å². The monoisotopic (exact) mass is 305 g/mol. The highest BCUT2D eigenvalue weighted by Gasteiger charge is 2.11. The second-order valence-electron chi connectivity index (χ2n) is 4.93. The molecule has 0 aliphatic rings. The van der Waals surface area contributed by atoms with Gasteiger partial charge in [0.25, 0.3) is 0 Å². The van der Waals surface area contributed by atoms with E-state index >= 15 is 0 Å². The first kappa shape index (κ1) is 13.1. The molecular weight excluding hydrogens is 294 g/mol. The number of hydrogen-bond donors (Lipinski definition) is 2. The number of carbonyl (C=O) groups is 1. The minimum absolute atomic E-state index is 0.441. The van der Waals surface area contributed by atoms with E-state index in [9.17, 15) is 4.79 Å². The van der Waals surface area contributed by atoms with E-state index in [4.69, 9.17) is 5.73 Å². The molecule has 2 aromatic heterocycles. The van der Waals surface area contributed by atoms with Crippen LogP contribution in [0.1, 0.15) is 10.4 Å². The lowest BCUT2D eigenvalue weighted by Gasteiger charge is -2.08. The topological polar surface area (TPSA) is 111 Å². The lowest BCUT2D eigenvalue weighted by atomic mass is 10.2. The molecule has 3 N–H and O–H groups in total. The van der Waals surface area contributed by atoms with Gasteiger partial charge in [0.15, 0.2) is 5.82 Å². The Morgan fingerprint density at radius 1 is 1.09 bits per heavy atom. The Hall–Kier alpha value is -3.55. The van der Waals surface area contributed by atoms with Gasteiger partial charge in [-0.1, -0.05) is 12.1 Å². The van der Waals surface area contributed by atoms with Crippen LogP contribution in [0, 0.1) is 0 Å². The van der Waals surface area contributed by atoms with Crippen LogP contribution in [0.15, 0.2) is 48.5 Å². The highest BCUT2D eigenvalue weighted by molar-refractivity contribution is 5.93. The quantitative estimate of drug-likeness (QED) is 0.593. The van der Waals surface area contributed by atoms with Crippen LogP contribution in [0.5, 0.6) is 0 Å². The maximum absolute atomic E-state index is 11.1. The van der Waals surface area contributed by atoms with Crippen LogP contribution in [0.4, 0.5) is 11.5 Å². The molecule has 0 unspecified atom stereocenters. The Bertz CT molecular complexity index is 1020. The fourth-order valence-electron chi connectivity index (χ4n) is 2.34. The summed E-state index contributed by atoms with van der Waals surface area (Å²) in [6.07, 6.45) is 0. The number of primary amides is 1. The first-order chi connectivity index (χ1) is 11.2. The van der Waals surface area contributed by atoms with Crippen molar-refractivity contribution >= 4 is 34.1 Å². The number of benzene rings is 2. The van der Waals surface area contributed by atoms with Crippen LogP contribution in [0.2, 0.25) is 0 Å². The van der Waals surface area contributed by atoms with E-state index in [-0.39, 0.29) is 0 Å². The van der Waals surface area contributed by atoms with E-state index in [1.807, 2.05) is 24.3 Å². The number of hydrogen-bond acceptors (Lipinski definition) is 6. The fraction of sp³-hybridized carbons (Fsp3) is 0. The van der Waals surface area contributed by atoms with E-state index in [2.05, 4.69) is 25.8 Å². The number of anilines is 2. The van der Waals surface area contributed by atoms with Crippen LogP contribution >= 0.6 is 0 Å². The second kappa shape index (κ2) is 5.02. The number of nitrogens with two attached hydrogens (primary N) is 1. The van der Waals surface area contributed by atoms with Gasteiger partial charge in [-0.05, 0) is 46.8 Å². The molecule has 0 spiro atoms. The molecule has 112 valence electrons. The molecule has 0 aliphatic carbocycles. The second-order valence-corrected chi connectivity index (χ2v) is 4.93. The van der Waals surface area contributed by atoms with Gasteiger partial charge in [0.2, 0.25) is 11.6 Å². The van der Waals surface area contributed by atoms with Gasteiger partial charge >= 0.3 is 0 Å². The lowest BCUT2D eigenvalue weighted by molar-refractivity contribution is 0.100. The van der Waals surface area contributed by atoms with Crippen LogP contribution < -0.4 is 11.1 Å². The van der Waals surface area contributed by atoms with Gasteiger partial charge < -0.3 is 11.1 Å². The number of tetrazole rings is 1. The predicted molar refractivity (Wildman–Crippen MR) is 84.3 cm³/mol. The Balaban J connectivity index is 1.81. The number of rotatable bonds is 3. The van der Waals surface area contributed by atoms with Crippen LogP contribution in [0.3, 0.4) is 0 Å². The summed E-state index contributed by atoms with van der Waals surface area (Å²) >= 11 is 0. The molecule has 0 bridgehead atoms. The maximum Gasteiger partial charge on any atom is 0.248 e. The summed E-state index contributed by atoms with van der Waals surface area (Å²) < 4.78 is 1.63. The van der Waals surface area contributed by atoms with Crippen molar-refractivity contribution in [1.29, 1.82) is 0 Å². The summed E-state index contributed by atoms with van der Waals surface area (Å²) in [5, 5.41) is 14.9. The minimum Gasteiger partial charge on any atom is -0.366 e. The standard InChI is InChI=1S/C15H11N7O/c16-13(23)9-5-7-10(8-6-9)17-14-15-19-20-21-22(15)12-4-2-1-3-11(12)18-14/h1-8H,(H2,16,23)(H,17,18). The van der Waals surface area contributed by atoms with Crippen LogP contribution in [-0.2, 0) is 0 Å². The van der Waals surface area contributed by atoms with E-state index in [1.54, 1.807) is 28.8 Å². The molecule has 23 heavy (non-hydrogen) atoms. The van der Waals surface area contributed by atoms with E-state index in [1.165, 1.54) is 0 Å². The molecule has 8 heteroatoms. The molecule has 0 fully saturated rings. The molecule has 1 amide bonds. The number of para-hydroxylation sites is 2. The largest absolute Gasteiger partial charge is 0.366 e. The normalized spacial score (nSPS) is 11.0. The SMILES string of the molecule is NC(=O)c1ccc(Nc2nc3ccccc3n3nnnc23)cc1. The average molecular weight is 305 g/mol. The molecule has 0 radical (unpaired) electrons. The molecule has 8 nitrogen and oxygen atoms in total. The van der Waals surface area contributed by atoms with E-state index in [0.29, 0.717) is 17.0 Å². The zero-order valence-corrected chi connectivity index (χ0v) is 11.8. The first-order valence-corrected chi connectivity index (χ1v) is 6.86. The number of nitrogens with zero attached hydrogens (tertiary/aromatic N) is 5. The summed E-state index contributed by atoms with van der Waals surface area (Å²) in [5.41, 5.74) is 8.54. The molecule has 2 heterocycles. The van der Waals surface area contributed by atoms with Crippen molar-refractivity contribution in [3.05, 3.63) is 54.1 Å². The molecular formula is C15H11N7O. The van der Waals surface area contributed by atoms with Crippen molar-refractivity contribution in [1.82, 2.24) is 25.0 Å². The Morgan fingerprint density at radius 3 is 2.65 bits per heavy atom. The lowest BCUT2D eigenvalue weighted by Crippen LogP contribution is -2.10. The molecule has 4 aromatic rings. The van der Waals surface area contributed by atoms with Gasteiger partial charge in [-0.25, -0.2) is 4.98 Å². The first-order valence-electron chi connectivity index (χ1n) is 6.86. The van der Waals surface area contributed by atoms with Crippen LogP contribution in [0.25, 0.3) is 16.7 Å². The maximum atomic E-state index is 11.1. The van der Waals surface area contributed by atoms with Crippen molar-refractivity contribution < 1.29 is 4.79 Å². The number of carbonyl (C=O) groups excluding carboxylic acids is 1. The van der Waals surface area contributed by atoms with Crippen molar-refractivity contribution in [3.8, 4) is 0 Å². The predicted octanol–water partition coefficient (Wildman–Crippen LogP) is 1.51. The van der Waals surface area contributed by atoms with Gasteiger partial charge in [-0.2, -0.15) is 4.52 Å². The minimum atomic E-state index is -0.468. The average Bonchev–Trinajstić information content (AvgIpc) is 3.06. The summed E-state index contributed by atoms with van der Waals surface area (Å²) in [5.74, 6) is 0.0601. The zero-order valence-electron chi connectivity index (χ0n) is 11.8. The van der Waals surface area contributed by atoms with Gasteiger partial charge in [-0.15, -0.1) is 5.10 Å².